The first-order valence-electron chi connectivity index (χ1n) is 9.97. The van der Waals surface area contributed by atoms with Gasteiger partial charge in [-0.15, -0.1) is 0 Å². The number of H-pyrrole nitrogens is 1. The van der Waals surface area contributed by atoms with Crippen LogP contribution >= 0.6 is 0 Å². The van der Waals surface area contributed by atoms with Gasteiger partial charge in [-0.1, -0.05) is 36.4 Å². The third-order valence-electron chi connectivity index (χ3n) is 5.40. The fraction of sp³-hybridized carbons (Fsp3) is 0.130. The molecule has 0 spiro atoms. The summed E-state index contributed by atoms with van der Waals surface area (Å²) in [5.74, 6) is 0.660. The van der Waals surface area contributed by atoms with Crippen molar-refractivity contribution in [1.82, 2.24) is 24.5 Å². The second-order valence-corrected chi connectivity index (χ2v) is 7.48. The van der Waals surface area contributed by atoms with Gasteiger partial charge < -0.3 is 16.0 Å². The Bertz CT molecular complexity index is 1470. The molecule has 154 valence electrons. The third-order valence-corrected chi connectivity index (χ3v) is 5.40. The van der Waals surface area contributed by atoms with E-state index in [0.717, 1.165) is 22.3 Å². The number of nitrogens with one attached hydrogen (secondary N) is 2. The average Bonchev–Trinajstić information content (AvgIpc) is 3.22. The SMILES string of the molecule is Cc1cccc2cc([C@H](C)Nc3nc(N)nc4nc[nH]c34)n(-c3ccccc3)c(=O)c12. The highest BCUT2D eigenvalue weighted by Gasteiger charge is 2.19. The number of pyridine rings is 1. The molecule has 0 unspecified atom stereocenters. The van der Waals surface area contributed by atoms with Gasteiger partial charge in [0.1, 0.15) is 5.52 Å². The van der Waals surface area contributed by atoms with E-state index >= 15 is 0 Å². The van der Waals surface area contributed by atoms with Crippen molar-refractivity contribution < 1.29 is 0 Å². The van der Waals surface area contributed by atoms with Crippen molar-refractivity contribution in [2.75, 3.05) is 11.1 Å². The fourth-order valence-electron chi connectivity index (χ4n) is 3.95. The Hall–Kier alpha value is -4.20. The number of benzene rings is 2. The maximum absolute atomic E-state index is 13.6. The Labute approximate surface area is 177 Å². The third kappa shape index (κ3) is 3.18. The number of imidazole rings is 1. The number of para-hydroxylation sites is 1. The molecule has 5 rings (SSSR count). The van der Waals surface area contributed by atoms with E-state index in [0.29, 0.717) is 22.4 Å². The molecule has 1 atom stereocenters. The maximum atomic E-state index is 13.6. The first-order valence-corrected chi connectivity index (χ1v) is 9.97. The molecule has 0 aliphatic heterocycles. The van der Waals surface area contributed by atoms with Gasteiger partial charge in [0.15, 0.2) is 11.5 Å². The van der Waals surface area contributed by atoms with Crippen LogP contribution < -0.4 is 16.6 Å². The second-order valence-electron chi connectivity index (χ2n) is 7.48. The first kappa shape index (κ1) is 18.8. The van der Waals surface area contributed by atoms with Gasteiger partial charge in [-0.3, -0.25) is 9.36 Å². The lowest BCUT2D eigenvalue weighted by atomic mass is 10.0. The van der Waals surface area contributed by atoms with Crippen molar-refractivity contribution in [2.45, 2.75) is 19.9 Å². The van der Waals surface area contributed by atoms with Crippen molar-refractivity contribution in [2.24, 2.45) is 0 Å². The van der Waals surface area contributed by atoms with Crippen LogP contribution in [0.25, 0.3) is 27.6 Å². The number of hydrogen-bond donors (Lipinski definition) is 3. The summed E-state index contributed by atoms with van der Waals surface area (Å²) in [7, 11) is 0. The summed E-state index contributed by atoms with van der Waals surface area (Å²) in [5, 5.41) is 4.99. The van der Waals surface area contributed by atoms with Crippen LogP contribution in [-0.2, 0) is 0 Å². The summed E-state index contributed by atoms with van der Waals surface area (Å²) in [5.41, 5.74) is 9.50. The van der Waals surface area contributed by atoms with E-state index < -0.39 is 0 Å². The van der Waals surface area contributed by atoms with E-state index in [1.165, 1.54) is 0 Å². The predicted molar refractivity (Wildman–Crippen MR) is 122 cm³/mol. The number of hydrogen-bond acceptors (Lipinski definition) is 6. The summed E-state index contributed by atoms with van der Waals surface area (Å²) in [6.07, 6.45) is 1.55. The molecule has 0 radical (unpaired) electrons. The van der Waals surface area contributed by atoms with Gasteiger partial charge in [-0.25, -0.2) is 4.98 Å². The molecule has 8 nitrogen and oxygen atoms in total. The molecule has 0 amide bonds. The smallest absolute Gasteiger partial charge is 0.263 e. The second kappa shape index (κ2) is 7.24. The zero-order chi connectivity index (χ0) is 21.5. The lowest BCUT2D eigenvalue weighted by Gasteiger charge is -2.22. The van der Waals surface area contributed by atoms with Crippen LogP contribution in [-0.4, -0.2) is 24.5 Å². The van der Waals surface area contributed by atoms with Crippen molar-refractivity contribution >= 4 is 33.7 Å². The summed E-state index contributed by atoms with van der Waals surface area (Å²) in [4.78, 5) is 29.3. The first-order chi connectivity index (χ1) is 15.0. The van der Waals surface area contributed by atoms with Crippen LogP contribution in [0.5, 0.6) is 0 Å². The minimum Gasteiger partial charge on any atom is -0.368 e. The van der Waals surface area contributed by atoms with Crippen molar-refractivity contribution in [3.8, 4) is 5.69 Å². The van der Waals surface area contributed by atoms with Crippen LogP contribution in [0.3, 0.4) is 0 Å². The van der Waals surface area contributed by atoms with Gasteiger partial charge in [0.05, 0.1) is 17.8 Å². The highest BCUT2D eigenvalue weighted by molar-refractivity contribution is 5.86. The maximum Gasteiger partial charge on any atom is 0.263 e. The lowest BCUT2D eigenvalue weighted by Crippen LogP contribution is -2.26. The number of nitrogens with zero attached hydrogens (tertiary/aromatic N) is 4. The summed E-state index contributed by atoms with van der Waals surface area (Å²) in [6, 6.07) is 17.3. The van der Waals surface area contributed by atoms with Crippen LogP contribution in [0.15, 0.2) is 65.7 Å². The molecule has 3 aromatic heterocycles. The van der Waals surface area contributed by atoms with E-state index in [4.69, 9.17) is 5.73 Å². The number of aromatic nitrogens is 5. The lowest BCUT2D eigenvalue weighted by molar-refractivity contribution is 0.774. The van der Waals surface area contributed by atoms with E-state index in [2.05, 4.69) is 25.3 Å². The summed E-state index contributed by atoms with van der Waals surface area (Å²) >= 11 is 0. The summed E-state index contributed by atoms with van der Waals surface area (Å²) < 4.78 is 1.75. The fourth-order valence-corrected chi connectivity index (χ4v) is 3.95. The number of aryl methyl sites for hydroxylation is 1. The molecule has 0 aliphatic rings. The molecule has 31 heavy (non-hydrogen) atoms. The van der Waals surface area contributed by atoms with Gasteiger partial charge in [0.25, 0.3) is 5.56 Å². The van der Waals surface area contributed by atoms with Crippen LogP contribution in [0, 0.1) is 6.92 Å². The van der Waals surface area contributed by atoms with Crippen molar-refractivity contribution in [3.05, 3.63) is 82.5 Å². The molecule has 3 heterocycles. The van der Waals surface area contributed by atoms with E-state index in [1.54, 1.807) is 10.9 Å². The Kier molecular flexibility index (Phi) is 4.39. The topological polar surface area (TPSA) is 115 Å². The molecule has 0 saturated carbocycles. The van der Waals surface area contributed by atoms with Gasteiger partial charge in [0.2, 0.25) is 5.95 Å². The normalized spacial score (nSPS) is 12.3. The van der Waals surface area contributed by atoms with E-state index in [9.17, 15) is 4.79 Å². The Morgan fingerprint density at radius 2 is 1.90 bits per heavy atom. The summed E-state index contributed by atoms with van der Waals surface area (Å²) in [6.45, 7) is 3.94. The largest absolute Gasteiger partial charge is 0.368 e. The Balaban J connectivity index is 1.71. The molecule has 2 aromatic carbocycles. The number of nitrogen functional groups attached to an aromatic ring is 1. The van der Waals surface area contributed by atoms with Crippen LogP contribution in [0.1, 0.15) is 24.2 Å². The molecular formula is C23H21N7O. The molecular weight excluding hydrogens is 390 g/mol. The molecule has 5 aromatic rings. The number of fused-ring (bicyclic) bond motifs is 2. The Morgan fingerprint density at radius 3 is 2.71 bits per heavy atom. The number of anilines is 2. The number of nitrogens with two attached hydrogens (primary N) is 1. The van der Waals surface area contributed by atoms with Gasteiger partial charge in [-0.05, 0) is 43.0 Å². The quantitative estimate of drug-likeness (QED) is 0.415. The van der Waals surface area contributed by atoms with E-state index in [1.807, 2.05) is 68.4 Å². The predicted octanol–water partition coefficient (Wildman–Crippen LogP) is 3.72. The minimum atomic E-state index is -0.265. The molecule has 0 saturated heterocycles. The van der Waals surface area contributed by atoms with Gasteiger partial charge in [0, 0.05) is 11.4 Å². The highest BCUT2D eigenvalue weighted by Crippen LogP contribution is 2.27. The van der Waals surface area contributed by atoms with E-state index in [-0.39, 0.29) is 17.5 Å². The molecule has 4 N–H and O–H groups in total. The number of aromatic amines is 1. The van der Waals surface area contributed by atoms with Crippen molar-refractivity contribution in [1.29, 1.82) is 0 Å². The van der Waals surface area contributed by atoms with Crippen LogP contribution in [0.2, 0.25) is 0 Å². The van der Waals surface area contributed by atoms with Crippen molar-refractivity contribution in [3.63, 3.8) is 0 Å². The van der Waals surface area contributed by atoms with Gasteiger partial charge in [-0.2, -0.15) is 9.97 Å². The molecule has 8 heteroatoms. The Morgan fingerprint density at radius 1 is 1.10 bits per heavy atom. The average molecular weight is 411 g/mol. The standard InChI is InChI=1S/C23H21N7O/c1-13-7-6-8-15-11-17(30(22(31)18(13)15)16-9-4-3-5-10-16)14(2)27-21-19-20(26-12-25-19)28-23(24)29-21/h3-12,14H,1-2H3,(H4,24,25,26,27,28,29)/t14-/m0/s1. The van der Waals surface area contributed by atoms with Crippen LogP contribution in [0.4, 0.5) is 11.8 Å². The molecule has 0 fully saturated rings. The number of rotatable bonds is 4. The minimum absolute atomic E-state index is 0.0562. The molecule has 0 bridgehead atoms. The zero-order valence-electron chi connectivity index (χ0n) is 17.1. The zero-order valence-corrected chi connectivity index (χ0v) is 17.1. The molecule has 0 aliphatic carbocycles. The highest BCUT2D eigenvalue weighted by atomic mass is 16.1. The van der Waals surface area contributed by atoms with Gasteiger partial charge >= 0.3 is 0 Å². The monoisotopic (exact) mass is 411 g/mol.